The number of nitrogens with zero attached hydrogens (tertiary/aromatic N) is 1. The molecule has 0 saturated heterocycles. The summed E-state index contributed by atoms with van der Waals surface area (Å²) in [5, 5.41) is 11.1. The van der Waals surface area contributed by atoms with Gasteiger partial charge in [0, 0.05) is 6.54 Å². The molecule has 1 aliphatic heterocycles. The van der Waals surface area contributed by atoms with Crippen molar-refractivity contribution in [3.8, 4) is 0 Å². The van der Waals surface area contributed by atoms with Crippen LogP contribution >= 0.6 is 0 Å². The van der Waals surface area contributed by atoms with Gasteiger partial charge in [-0.05, 0) is 24.1 Å². The molecule has 1 aliphatic rings. The minimum Gasteiger partial charge on any atom is -0.395 e. The summed E-state index contributed by atoms with van der Waals surface area (Å²) in [5.41, 5.74) is 1.79. The van der Waals surface area contributed by atoms with Crippen molar-refractivity contribution in [3.05, 3.63) is 29.3 Å². The normalized spacial score (nSPS) is 13.6. The fraction of sp³-hybridized carbons (Fsp3) is 0.357. The third-order valence-electron chi connectivity index (χ3n) is 3.18. The Labute approximate surface area is 116 Å². The SMILES string of the molecule is CCc1ccc2c(c1)C(=O)C(=O)N2CC(=O)NCCO. The number of hydrogen-bond donors (Lipinski definition) is 2. The van der Waals surface area contributed by atoms with Crippen molar-refractivity contribution in [2.45, 2.75) is 13.3 Å². The van der Waals surface area contributed by atoms with E-state index in [2.05, 4.69) is 5.32 Å². The topological polar surface area (TPSA) is 86.7 Å². The average Bonchev–Trinajstić information content (AvgIpc) is 2.69. The van der Waals surface area contributed by atoms with E-state index in [-0.39, 0.29) is 19.7 Å². The molecule has 1 heterocycles. The summed E-state index contributed by atoms with van der Waals surface area (Å²) >= 11 is 0. The smallest absolute Gasteiger partial charge is 0.299 e. The van der Waals surface area contributed by atoms with E-state index in [1.807, 2.05) is 13.0 Å². The van der Waals surface area contributed by atoms with Crippen molar-refractivity contribution in [2.24, 2.45) is 0 Å². The number of rotatable bonds is 5. The number of carbonyl (C=O) groups is 3. The van der Waals surface area contributed by atoms with Gasteiger partial charge in [0.25, 0.3) is 11.7 Å². The fourth-order valence-electron chi connectivity index (χ4n) is 2.12. The van der Waals surface area contributed by atoms with E-state index in [0.29, 0.717) is 11.3 Å². The van der Waals surface area contributed by atoms with Crippen LogP contribution in [-0.2, 0) is 16.0 Å². The second-order valence-corrected chi connectivity index (χ2v) is 4.50. The van der Waals surface area contributed by atoms with Gasteiger partial charge in [0.1, 0.15) is 6.54 Å². The van der Waals surface area contributed by atoms with Crippen LogP contribution in [0.5, 0.6) is 0 Å². The summed E-state index contributed by atoms with van der Waals surface area (Å²) in [7, 11) is 0. The number of aryl methyl sites for hydroxylation is 1. The largest absolute Gasteiger partial charge is 0.395 e. The Kier molecular flexibility index (Phi) is 4.14. The highest BCUT2D eigenvalue weighted by molar-refractivity contribution is 6.52. The van der Waals surface area contributed by atoms with Crippen molar-refractivity contribution in [1.82, 2.24) is 5.32 Å². The number of nitrogens with one attached hydrogen (secondary N) is 1. The number of hydrogen-bond acceptors (Lipinski definition) is 4. The molecule has 0 bridgehead atoms. The van der Waals surface area contributed by atoms with Gasteiger partial charge < -0.3 is 10.4 Å². The Morgan fingerprint density at radius 2 is 2.10 bits per heavy atom. The Morgan fingerprint density at radius 3 is 2.75 bits per heavy atom. The zero-order valence-corrected chi connectivity index (χ0v) is 11.2. The molecule has 0 saturated carbocycles. The van der Waals surface area contributed by atoms with Gasteiger partial charge in [0.2, 0.25) is 5.91 Å². The molecule has 0 fully saturated rings. The molecule has 0 aliphatic carbocycles. The van der Waals surface area contributed by atoms with E-state index in [0.717, 1.165) is 12.0 Å². The molecule has 0 unspecified atom stereocenters. The van der Waals surface area contributed by atoms with Crippen LogP contribution < -0.4 is 10.2 Å². The number of fused-ring (bicyclic) bond motifs is 1. The first kappa shape index (κ1) is 14.2. The zero-order valence-electron chi connectivity index (χ0n) is 11.2. The van der Waals surface area contributed by atoms with E-state index >= 15 is 0 Å². The molecule has 1 aromatic rings. The lowest BCUT2D eigenvalue weighted by molar-refractivity contribution is -0.122. The molecule has 6 heteroatoms. The summed E-state index contributed by atoms with van der Waals surface area (Å²) in [6.45, 7) is 1.69. The summed E-state index contributed by atoms with van der Waals surface area (Å²) < 4.78 is 0. The van der Waals surface area contributed by atoms with Crippen molar-refractivity contribution in [3.63, 3.8) is 0 Å². The van der Waals surface area contributed by atoms with Crippen molar-refractivity contribution in [1.29, 1.82) is 0 Å². The third-order valence-corrected chi connectivity index (χ3v) is 3.18. The summed E-state index contributed by atoms with van der Waals surface area (Å²) in [5.74, 6) is -1.68. The predicted octanol–water partition coefficient (Wildman–Crippen LogP) is -0.113. The predicted molar refractivity (Wildman–Crippen MR) is 72.6 cm³/mol. The standard InChI is InChI=1S/C14H16N2O4/c1-2-9-3-4-11-10(7-9)13(19)14(20)16(11)8-12(18)15-5-6-17/h3-4,7,17H,2,5-6,8H2,1H3,(H,15,18). The van der Waals surface area contributed by atoms with Crippen molar-refractivity contribution in [2.75, 3.05) is 24.6 Å². The second kappa shape index (κ2) is 5.83. The van der Waals surface area contributed by atoms with Gasteiger partial charge in [-0.1, -0.05) is 13.0 Å². The van der Waals surface area contributed by atoms with E-state index in [9.17, 15) is 14.4 Å². The lowest BCUT2D eigenvalue weighted by atomic mass is 10.1. The molecule has 0 radical (unpaired) electrons. The van der Waals surface area contributed by atoms with Crippen LogP contribution in [0.2, 0.25) is 0 Å². The van der Waals surface area contributed by atoms with Gasteiger partial charge >= 0.3 is 0 Å². The van der Waals surface area contributed by atoms with Crippen molar-refractivity contribution < 1.29 is 19.5 Å². The van der Waals surface area contributed by atoms with Crippen LogP contribution in [0.1, 0.15) is 22.8 Å². The van der Waals surface area contributed by atoms with Gasteiger partial charge in [0.15, 0.2) is 0 Å². The van der Waals surface area contributed by atoms with Crippen LogP contribution in [0, 0.1) is 0 Å². The molecule has 0 spiro atoms. The van der Waals surface area contributed by atoms with Crippen LogP contribution in [0.15, 0.2) is 18.2 Å². The number of aliphatic hydroxyl groups is 1. The first-order valence-corrected chi connectivity index (χ1v) is 6.45. The number of ketones is 1. The molecule has 106 valence electrons. The Morgan fingerprint density at radius 1 is 1.35 bits per heavy atom. The lowest BCUT2D eigenvalue weighted by Crippen LogP contribution is -2.40. The van der Waals surface area contributed by atoms with E-state index < -0.39 is 17.6 Å². The number of carbonyl (C=O) groups excluding carboxylic acids is 3. The summed E-state index contributed by atoms with van der Waals surface area (Å²) in [4.78, 5) is 36.6. The average molecular weight is 276 g/mol. The second-order valence-electron chi connectivity index (χ2n) is 4.50. The van der Waals surface area contributed by atoms with Gasteiger partial charge in [0.05, 0.1) is 17.9 Å². The zero-order chi connectivity index (χ0) is 14.7. The molecule has 1 aromatic carbocycles. The third kappa shape index (κ3) is 2.55. The number of aliphatic hydroxyl groups excluding tert-OH is 1. The fourth-order valence-corrected chi connectivity index (χ4v) is 2.12. The highest BCUT2D eigenvalue weighted by atomic mass is 16.3. The Bertz CT molecular complexity index is 568. The molecule has 0 aromatic heterocycles. The summed E-state index contributed by atoms with van der Waals surface area (Å²) in [6.07, 6.45) is 0.770. The molecule has 20 heavy (non-hydrogen) atoms. The molecular formula is C14H16N2O4. The maximum absolute atomic E-state index is 11.9. The monoisotopic (exact) mass is 276 g/mol. The molecule has 2 N–H and O–H groups in total. The molecule has 2 amide bonds. The van der Waals surface area contributed by atoms with E-state index in [4.69, 9.17) is 5.11 Å². The molecule has 6 nitrogen and oxygen atoms in total. The van der Waals surface area contributed by atoms with Gasteiger partial charge in [-0.3, -0.25) is 19.3 Å². The van der Waals surface area contributed by atoms with Crippen LogP contribution in [-0.4, -0.2) is 42.4 Å². The maximum atomic E-state index is 11.9. The number of anilines is 1. The van der Waals surface area contributed by atoms with Crippen LogP contribution in [0.3, 0.4) is 0 Å². The summed E-state index contributed by atoms with van der Waals surface area (Å²) in [6, 6.07) is 5.22. The Balaban J connectivity index is 2.22. The van der Waals surface area contributed by atoms with E-state index in [1.54, 1.807) is 12.1 Å². The Hall–Kier alpha value is -2.21. The minimum absolute atomic E-state index is 0.121. The van der Waals surface area contributed by atoms with Crippen LogP contribution in [0.25, 0.3) is 0 Å². The number of amides is 2. The lowest BCUT2D eigenvalue weighted by Gasteiger charge is -2.16. The number of Topliss-reactive ketones (excluding diaryl/α,β-unsaturated/α-hetero) is 1. The quantitative estimate of drug-likeness (QED) is 0.734. The van der Waals surface area contributed by atoms with E-state index in [1.165, 1.54) is 4.90 Å². The first-order valence-electron chi connectivity index (χ1n) is 6.45. The highest BCUT2D eigenvalue weighted by Gasteiger charge is 2.36. The maximum Gasteiger partial charge on any atom is 0.299 e. The van der Waals surface area contributed by atoms with Crippen LogP contribution in [0.4, 0.5) is 5.69 Å². The first-order chi connectivity index (χ1) is 9.58. The van der Waals surface area contributed by atoms with Gasteiger partial charge in [-0.2, -0.15) is 0 Å². The van der Waals surface area contributed by atoms with Crippen molar-refractivity contribution >= 4 is 23.3 Å². The minimum atomic E-state index is -0.688. The molecule has 2 rings (SSSR count). The highest BCUT2D eigenvalue weighted by Crippen LogP contribution is 2.29. The van der Waals surface area contributed by atoms with Gasteiger partial charge in [-0.25, -0.2) is 0 Å². The van der Waals surface area contributed by atoms with Gasteiger partial charge in [-0.15, -0.1) is 0 Å². The molecular weight excluding hydrogens is 260 g/mol. The number of benzene rings is 1. The molecule has 0 atom stereocenters.